The number of amides is 1. The van der Waals surface area contributed by atoms with Gasteiger partial charge in [-0.15, -0.1) is 0 Å². The summed E-state index contributed by atoms with van der Waals surface area (Å²) in [6.07, 6.45) is 2.04. The van der Waals surface area contributed by atoms with Crippen molar-refractivity contribution in [2.45, 2.75) is 12.5 Å². The lowest BCUT2D eigenvalue weighted by Gasteiger charge is -2.22. The lowest BCUT2D eigenvalue weighted by molar-refractivity contribution is 0.0711. The van der Waals surface area contributed by atoms with Crippen LogP contribution in [0.1, 0.15) is 33.9 Å². The van der Waals surface area contributed by atoms with Crippen LogP contribution in [0.4, 0.5) is 0 Å². The van der Waals surface area contributed by atoms with Crippen molar-refractivity contribution in [2.75, 3.05) is 0 Å². The van der Waals surface area contributed by atoms with E-state index in [-0.39, 0.29) is 11.9 Å². The molecule has 0 spiro atoms. The van der Waals surface area contributed by atoms with Crippen LogP contribution >= 0.6 is 34.8 Å². The van der Waals surface area contributed by atoms with E-state index in [1.165, 1.54) is 11.2 Å². The van der Waals surface area contributed by atoms with Crippen LogP contribution < -0.4 is 0 Å². The molecule has 2 heterocycles. The SMILES string of the molecule is O=C(c1ccc(Cl)nc1)N1N=C(c2ccc(Cl)cc2)CC1c1ccc(Cl)cc1. The van der Waals surface area contributed by atoms with Crippen molar-refractivity contribution in [3.05, 3.63) is 98.7 Å². The van der Waals surface area contributed by atoms with Gasteiger partial charge < -0.3 is 0 Å². The van der Waals surface area contributed by atoms with Crippen molar-refractivity contribution >= 4 is 46.4 Å². The van der Waals surface area contributed by atoms with Gasteiger partial charge >= 0.3 is 0 Å². The maximum absolute atomic E-state index is 13.1. The average molecular weight is 431 g/mol. The highest BCUT2D eigenvalue weighted by Gasteiger charge is 2.33. The number of halogens is 3. The van der Waals surface area contributed by atoms with Crippen LogP contribution in [0.15, 0.2) is 72.0 Å². The van der Waals surface area contributed by atoms with Gasteiger partial charge in [-0.05, 0) is 47.5 Å². The lowest BCUT2D eigenvalue weighted by Crippen LogP contribution is -2.27. The molecule has 0 saturated heterocycles. The molecule has 1 atom stereocenters. The zero-order chi connectivity index (χ0) is 19.7. The van der Waals surface area contributed by atoms with E-state index in [0.29, 0.717) is 27.2 Å². The molecule has 2 aromatic carbocycles. The van der Waals surface area contributed by atoms with Gasteiger partial charge in [0.05, 0.1) is 17.3 Å². The minimum Gasteiger partial charge on any atom is -0.267 e. The second kappa shape index (κ2) is 7.92. The van der Waals surface area contributed by atoms with Crippen LogP contribution in [-0.2, 0) is 0 Å². The van der Waals surface area contributed by atoms with Crippen LogP contribution in [0.25, 0.3) is 0 Å². The van der Waals surface area contributed by atoms with E-state index < -0.39 is 0 Å². The van der Waals surface area contributed by atoms with Crippen LogP contribution in [0.2, 0.25) is 15.2 Å². The summed E-state index contributed by atoms with van der Waals surface area (Å²) in [5.41, 5.74) is 3.11. The van der Waals surface area contributed by atoms with Gasteiger partial charge in [-0.3, -0.25) is 4.79 Å². The van der Waals surface area contributed by atoms with E-state index in [1.54, 1.807) is 12.1 Å². The zero-order valence-electron chi connectivity index (χ0n) is 14.5. The van der Waals surface area contributed by atoms with E-state index in [0.717, 1.165) is 16.8 Å². The van der Waals surface area contributed by atoms with Gasteiger partial charge in [0, 0.05) is 22.7 Å². The molecular weight excluding hydrogens is 417 g/mol. The van der Waals surface area contributed by atoms with E-state index in [2.05, 4.69) is 10.1 Å². The van der Waals surface area contributed by atoms with Gasteiger partial charge in [0.25, 0.3) is 5.91 Å². The quantitative estimate of drug-likeness (QED) is 0.476. The van der Waals surface area contributed by atoms with Crippen LogP contribution in [0, 0.1) is 0 Å². The molecule has 0 aliphatic carbocycles. The van der Waals surface area contributed by atoms with Gasteiger partial charge in [0.15, 0.2) is 0 Å². The largest absolute Gasteiger partial charge is 0.276 e. The molecule has 4 rings (SSSR count). The monoisotopic (exact) mass is 429 g/mol. The Morgan fingerprint density at radius 3 is 2.14 bits per heavy atom. The minimum absolute atomic E-state index is 0.243. The number of carbonyl (C=O) groups excluding carboxylic acids is 1. The van der Waals surface area contributed by atoms with Gasteiger partial charge in [-0.25, -0.2) is 9.99 Å². The molecule has 0 saturated carbocycles. The first kappa shape index (κ1) is 18.9. The second-order valence-electron chi connectivity index (χ2n) is 6.34. The highest BCUT2D eigenvalue weighted by atomic mass is 35.5. The second-order valence-corrected chi connectivity index (χ2v) is 7.60. The number of aromatic nitrogens is 1. The lowest BCUT2D eigenvalue weighted by atomic mass is 9.98. The first-order valence-electron chi connectivity index (χ1n) is 8.55. The number of hydrazone groups is 1. The molecule has 1 aromatic heterocycles. The van der Waals surface area contributed by atoms with Gasteiger partial charge in [-0.2, -0.15) is 5.10 Å². The molecule has 1 amide bonds. The highest BCUT2D eigenvalue weighted by Crippen LogP contribution is 2.34. The Labute approximate surface area is 177 Å². The summed E-state index contributed by atoms with van der Waals surface area (Å²) in [6.45, 7) is 0. The molecule has 1 unspecified atom stereocenters. The number of benzene rings is 2. The summed E-state index contributed by atoms with van der Waals surface area (Å²) in [5, 5.41) is 7.75. The van der Waals surface area contributed by atoms with Crippen molar-refractivity contribution in [3.63, 3.8) is 0 Å². The Hall–Kier alpha value is -2.40. The number of pyridine rings is 1. The standard InChI is InChI=1S/C21H14Cl3N3O/c22-16-6-1-13(2-7-16)18-11-19(14-3-8-17(23)9-4-14)27(26-18)21(28)15-5-10-20(24)25-12-15/h1-10,12,19H,11H2. The van der Waals surface area contributed by atoms with Crippen LogP contribution in [0.5, 0.6) is 0 Å². The first-order valence-corrected chi connectivity index (χ1v) is 9.68. The van der Waals surface area contributed by atoms with Gasteiger partial charge in [0.1, 0.15) is 5.15 Å². The summed E-state index contributed by atoms with van der Waals surface area (Å²) < 4.78 is 0. The molecule has 3 aromatic rings. The maximum atomic E-state index is 13.1. The third-order valence-corrected chi connectivity index (χ3v) is 5.25. The van der Waals surface area contributed by atoms with Crippen LogP contribution in [-0.4, -0.2) is 21.6 Å². The smallest absolute Gasteiger partial charge is 0.267 e. The third-order valence-electron chi connectivity index (χ3n) is 4.53. The predicted molar refractivity (Wildman–Crippen MR) is 112 cm³/mol. The third kappa shape index (κ3) is 3.90. The zero-order valence-corrected chi connectivity index (χ0v) is 16.8. The summed E-state index contributed by atoms with van der Waals surface area (Å²) in [5.74, 6) is -0.243. The van der Waals surface area contributed by atoms with Crippen molar-refractivity contribution in [2.24, 2.45) is 5.10 Å². The fourth-order valence-corrected chi connectivity index (χ4v) is 3.46. The Kier molecular flexibility index (Phi) is 5.36. The number of hydrogen-bond donors (Lipinski definition) is 0. The van der Waals surface area contributed by atoms with Gasteiger partial charge in [-0.1, -0.05) is 59.1 Å². The average Bonchev–Trinajstić information content (AvgIpc) is 3.14. The molecule has 0 fully saturated rings. The van der Waals surface area contributed by atoms with E-state index in [4.69, 9.17) is 34.8 Å². The molecule has 0 N–H and O–H groups in total. The topological polar surface area (TPSA) is 45.6 Å². The molecular formula is C21H14Cl3N3O. The van der Waals surface area contributed by atoms with Crippen molar-refractivity contribution < 1.29 is 4.79 Å². The molecule has 28 heavy (non-hydrogen) atoms. The number of carbonyl (C=O) groups is 1. The molecule has 0 bridgehead atoms. The van der Waals surface area contributed by atoms with E-state index in [9.17, 15) is 4.79 Å². The summed E-state index contributed by atoms with van der Waals surface area (Å²) >= 11 is 17.9. The molecule has 1 aliphatic rings. The number of rotatable bonds is 3. The molecule has 4 nitrogen and oxygen atoms in total. The molecule has 0 radical (unpaired) electrons. The van der Waals surface area contributed by atoms with E-state index in [1.807, 2.05) is 48.5 Å². The fourth-order valence-electron chi connectivity index (χ4n) is 3.09. The Balaban J connectivity index is 1.72. The predicted octanol–water partition coefficient (Wildman–Crippen LogP) is 6.03. The first-order chi connectivity index (χ1) is 13.5. The maximum Gasteiger partial charge on any atom is 0.276 e. The Bertz CT molecular complexity index is 1030. The summed E-state index contributed by atoms with van der Waals surface area (Å²) in [4.78, 5) is 17.1. The van der Waals surface area contributed by atoms with Crippen molar-refractivity contribution in [3.8, 4) is 0 Å². The van der Waals surface area contributed by atoms with Crippen molar-refractivity contribution in [1.82, 2.24) is 9.99 Å². The minimum atomic E-state index is -0.244. The summed E-state index contributed by atoms with van der Waals surface area (Å²) in [6, 6.07) is 17.9. The highest BCUT2D eigenvalue weighted by molar-refractivity contribution is 6.31. The van der Waals surface area contributed by atoms with E-state index >= 15 is 0 Å². The van der Waals surface area contributed by atoms with Crippen LogP contribution in [0.3, 0.4) is 0 Å². The number of hydrogen-bond acceptors (Lipinski definition) is 3. The Morgan fingerprint density at radius 2 is 1.54 bits per heavy atom. The Morgan fingerprint density at radius 1 is 0.893 bits per heavy atom. The number of nitrogens with zero attached hydrogens (tertiary/aromatic N) is 3. The summed E-state index contributed by atoms with van der Waals surface area (Å²) in [7, 11) is 0. The molecule has 7 heteroatoms. The fraction of sp³-hybridized carbons (Fsp3) is 0.0952. The molecule has 1 aliphatic heterocycles. The molecule has 140 valence electrons. The van der Waals surface area contributed by atoms with Crippen molar-refractivity contribution in [1.29, 1.82) is 0 Å². The normalized spacial score (nSPS) is 16.2. The van der Waals surface area contributed by atoms with Gasteiger partial charge in [0.2, 0.25) is 0 Å².